The number of aryl methyl sites for hydroxylation is 1. The van der Waals surface area contributed by atoms with E-state index in [4.69, 9.17) is 5.11 Å². The molecule has 1 aromatic carbocycles. The summed E-state index contributed by atoms with van der Waals surface area (Å²) in [6.07, 6.45) is 3.18. The number of carbonyl (C=O) groups is 1. The van der Waals surface area contributed by atoms with Crippen LogP contribution in [0.1, 0.15) is 30.9 Å². The van der Waals surface area contributed by atoms with Gasteiger partial charge < -0.3 is 5.11 Å². The van der Waals surface area contributed by atoms with Crippen molar-refractivity contribution in [2.24, 2.45) is 0 Å². The summed E-state index contributed by atoms with van der Waals surface area (Å²) in [6, 6.07) is 8.80. The fraction of sp³-hybridized carbons (Fsp3) is 0.562. The van der Waals surface area contributed by atoms with E-state index in [1.165, 1.54) is 11.1 Å². The van der Waals surface area contributed by atoms with Gasteiger partial charge in [0.05, 0.1) is 5.75 Å². The number of carboxylic acids is 1. The first-order chi connectivity index (χ1) is 10.4. The molecule has 0 radical (unpaired) electrons. The van der Waals surface area contributed by atoms with E-state index in [1.54, 1.807) is 0 Å². The average Bonchev–Trinajstić information content (AvgIpc) is 3.27. The zero-order valence-corrected chi connectivity index (χ0v) is 13.7. The number of carboxylic acid groups (broad SMARTS) is 1. The Morgan fingerprint density at radius 1 is 1.23 bits per heavy atom. The lowest BCUT2D eigenvalue weighted by molar-refractivity contribution is -0.134. The SMILES string of the molecule is CCc1ccc(CN(CCS(=O)(=O)CC(=O)O)C2CC2)cc1. The Hall–Kier alpha value is -1.40. The molecule has 1 saturated carbocycles. The van der Waals surface area contributed by atoms with Crippen molar-refractivity contribution in [3.05, 3.63) is 35.4 Å². The highest BCUT2D eigenvalue weighted by Crippen LogP contribution is 2.28. The van der Waals surface area contributed by atoms with E-state index in [0.29, 0.717) is 12.6 Å². The number of aliphatic carboxylic acids is 1. The first-order valence-corrected chi connectivity index (χ1v) is 9.46. The van der Waals surface area contributed by atoms with Crippen LogP contribution in [-0.4, -0.2) is 48.5 Å². The minimum Gasteiger partial charge on any atom is -0.480 e. The Bertz CT molecular complexity index is 606. The molecule has 1 aliphatic rings. The predicted octanol–water partition coefficient (Wildman–Crippen LogP) is 1.71. The highest BCUT2D eigenvalue weighted by molar-refractivity contribution is 7.92. The molecule has 122 valence electrons. The topological polar surface area (TPSA) is 74.7 Å². The first kappa shape index (κ1) is 17.0. The van der Waals surface area contributed by atoms with Gasteiger partial charge in [0.1, 0.15) is 5.75 Å². The second-order valence-electron chi connectivity index (χ2n) is 5.86. The normalized spacial score (nSPS) is 15.2. The monoisotopic (exact) mass is 325 g/mol. The Labute approximate surface area is 131 Å². The van der Waals surface area contributed by atoms with Crippen molar-refractivity contribution in [3.63, 3.8) is 0 Å². The standard InChI is InChI=1S/C16H23NO4S/c1-2-13-3-5-14(6-4-13)11-17(15-7-8-15)9-10-22(20,21)12-16(18)19/h3-6,15H,2,7-12H2,1H3,(H,18,19). The van der Waals surface area contributed by atoms with Crippen LogP contribution in [-0.2, 0) is 27.6 Å². The summed E-state index contributed by atoms with van der Waals surface area (Å²) in [6.45, 7) is 3.23. The van der Waals surface area contributed by atoms with Crippen LogP contribution in [0, 0.1) is 0 Å². The number of nitrogens with zero attached hydrogens (tertiary/aromatic N) is 1. The van der Waals surface area contributed by atoms with Gasteiger partial charge in [0.15, 0.2) is 9.84 Å². The molecule has 5 nitrogen and oxygen atoms in total. The van der Waals surface area contributed by atoms with Crippen molar-refractivity contribution in [3.8, 4) is 0 Å². The highest BCUT2D eigenvalue weighted by atomic mass is 32.2. The maximum absolute atomic E-state index is 11.7. The predicted molar refractivity (Wildman–Crippen MR) is 85.5 cm³/mol. The Kier molecular flexibility index (Phi) is 5.58. The van der Waals surface area contributed by atoms with Crippen LogP contribution in [0.5, 0.6) is 0 Å². The van der Waals surface area contributed by atoms with Gasteiger partial charge in [-0.15, -0.1) is 0 Å². The van der Waals surface area contributed by atoms with Crippen LogP contribution < -0.4 is 0 Å². The van der Waals surface area contributed by atoms with Crippen LogP contribution in [0.2, 0.25) is 0 Å². The molecule has 1 N–H and O–H groups in total. The third-order valence-corrected chi connectivity index (χ3v) is 5.40. The molecule has 0 spiro atoms. The van der Waals surface area contributed by atoms with Gasteiger partial charge in [-0.3, -0.25) is 9.69 Å². The van der Waals surface area contributed by atoms with Gasteiger partial charge in [-0.25, -0.2) is 8.42 Å². The maximum atomic E-state index is 11.7. The van der Waals surface area contributed by atoms with Crippen molar-refractivity contribution >= 4 is 15.8 Å². The van der Waals surface area contributed by atoms with Gasteiger partial charge in [0.25, 0.3) is 0 Å². The molecule has 0 aromatic heterocycles. The molecule has 0 heterocycles. The van der Waals surface area contributed by atoms with E-state index in [1.807, 2.05) is 0 Å². The van der Waals surface area contributed by atoms with E-state index in [9.17, 15) is 13.2 Å². The average molecular weight is 325 g/mol. The summed E-state index contributed by atoms with van der Waals surface area (Å²) < 4.78 is 23.4. The molecular formula is C16H23NO4S. The summed E-state index contributed by atoms with van der Waals surface area (Å²) in [7, 11) is -3.53. The van der Waals surface area contributed by atoms with Crippen molar-refractivity contribution < 1.29 is 18.3 Å². The molecule has 1 fully saturated rings. The number of benzene rings is 1. The lowest BCUT2D eigenvalue weighted by Crippen LogP contribution is -2.32. The zero-order valence-electron chi connectivity index (χ0n) is 12.9. The molecule has 0 aliphatic heterocycles. The second-order valence-corrected chi connectivity index (χ2v) is 8.04. The molecule has 0 bridgehead atoms. The maximum Gasteiger partial charge on any atom is 0.318 e. The van der Waals surface area contributed by atoms with Gasteiger partial charge in [-0.05, 0) is 30.4 Å². The van der Waals surface area contributed by atoms with E-state index in [-0.39, 0.29) is 5.75 Å². The van der Waals surface area contributed by atoms with Crippen LogP contribution >= 0.6 is 0 Å². The summed E-state index contributed by atoms with van der Waals surface area (Å²) in [4.78, 5) is 12.7. The van der Waals surface area contributed by atoms with Gasteiger partial charge in [0, 0.05) is 19.1 Å². The molecule has 0 saturated heterocycles. The fourth-order valence-electron chi connectivity index (χ4n) is 2.46. The quantitative estimate of drug-likeness (QED) is 0.748. The zero-order chi connectivity index (χ0) is 16.2. The number of hydrogen-bond donors (Lipinski definition) is 1. The number of sulfone groups is 1. The van der Waals surface area contributed by atoms with E-state index < -0.39 is 21.6 Å². The van der Waals surface area contributed by atoms with Gasteiger partial charge in [0.2, 0.25) is 0 Å². The van der Waals surface area contributed by atoms with Crippen molar-refractivity contribution in [1.29, 1.82) is 0 Å². The minimum absolute atomic E-state index is 0.0944. The fourth-order valence-corrected chi connectivity index (χ4v) is 3.50. The molecule has 0 amide bonds. The second kappa shape index (κ2) is 7.24. The lowest BCUT2D eigenvalue weighted by atomic mass is 10.1. The number of hydrogen-bond acceptors (Lipinski definition) is 4. The number of rotatable bonds is 9. The van der Waals surface area contributed by atoms with Gasteiger partial charge >= 0.3 is 5.97 Å². The molecule has 2 rings (SSSR count). The van der Waals surface area contributed by atoms with Crippen LogP contribution in [0.15, 0.2) is 24.3 Å². The Morgan fingerprint density at radius 3 is 2.32 bits per heavy atom. The summed E-state index contributed by atoms with van der Waals surface area (Å²) in [5.74, 6) is -2.16. The van der Waals surface area contributed by atoms with E-state index in [0.717, 1.165) is 25.8 Å². The Balaban J connectivity index is 1.94. The van der Waals surface area contributed by atoms with Gasteiger partial charge in [-0.1, -0.05) is 31.2 Å². The summed E-state index contributed by atoms with van der Waals surface area (Å²) >= 11 is 0. The van der Waals surface area contributed by atoms with Crippen LogP contribution in [0.3, 0.4) is 0 Å². The van der Waals surface area contributed by atoms with Crippen LogP contribution in [0.4, 0.5) is 0 Å². The smallest absolute Gasteiger partial charge is 0.318 e. The molecule has 22 heavy (non-hydrogen) atoms. The van der Waals surface area contributed by atoms with Crippen LogP contribution in [0.25, 0.3) is 0 Å². The Morgan fingerprint density at radius 2 is 1.82 bits per heavy atom. The van der Waals surface area contributed by atoms with Crippen molar-refractivity contribution in [2.75, 3.05) is 18.1 Å². The minimum atomic E-state index is -3.53. The summed E-state index contributed by atoms with van der Waals surface area (Å²) in [5.41, 5.74) is 2.45. The highest BCUT2D eigenvalue weighted by Gasteiger charge is 2.30. The molecule has 6 heteroatoms. The third-order valence-electron chi connectivity index (χ3n) is 3.91. The molecule has 0 atom stereocenters. The molecule has 0 unspecified atom stereocenters. The van der Waals surface area contributed by atoms with Gasteiger partial charge in [-0.2, -0.15) is 0 Å². The third kappa shape index (κ3) is 5.42. The molecule has 1 aliphatic carbocycles. The van der Waals surface area contributed by atoms with E-state index in [2.05, 4.69) is 36.1 Å². The van der Waals surface area contributed by atoms with E-state index >= 15 is 0 Å². The van der Waals surface area contributed by atoms with Crippen molar-refractivity contribution in [2.45, 2.75) is 38.8 Å². The first-order valence-electron chi connectivity index (χ1n) is 7.63. The lowest BCUT2D eigenvalue weighted by Gasteiger charge is -2.22. The largest absolute Gasteiger partial charge is 0.480 e. The van der Waals surface area contributed by atoms with Crippen molar-refractivity contribution in [1.82, 2.24) is 4.90 Å². The summed E-state index contributed by atoms with van der Waals surface area (Å²) in [5, 5.41) is 8.63. The molecular weight excluding hydrogens is 302 g/mol. The molecule has 1 aromatic rings.